The van der Waals surface area contributed by atoms with Crippen molar-refractivity contribution in [3.05, 3.63) is 71.8 Å². The number of benzene rings is 1. The van der Waals surface area contributed by atoms with Crippen molar-refractivity contribution in [2.75, 3.05) is 5.32 Å². The summed E-state index contributed by atoms with van der Waals surface area (Å²) < 4.78 is 2.05. The maximum absolute atomic E-state index is 4.54. The van der Waals surface area contributed by atoms with E-state index < -0.39 is 0 Å². The van der Waals surface area contributed by atoms with Crippen molar-refractivity contribution in [3.63, 3.8) is 0 Å². The molecular weight excluding hydrogens is 356 g/mol. The highest BCUT2D eigenvalue weighted by molar-refractivity contribution is 5.70. The summed E-state index contributed by atoms with van der Waals surface area (Å²) in [4.78, 5) is 8.71. The number of rotatable bonds is 7. The Labute approximate surface area is 176 Å². The van der Waals surface area contributed by atoms with Crippen molar-refractivity contribution in [2.24, 2.45) is 4.99 Å². The number of aromatic nitrogens is 2. The van der Waals surface area contributed by atoms with E-state index in [1.54, 1.807) is 0 Å². The van der Waals surface area contributed by atoms with Gasteiger partial charge in [0.1, 0.15) is 0 Å². The summed E-state index contributed by atoms with van der Waals surface area (Å²) in [7, 11) is 0. The lowest BCUT2D eigenvalue weighted by Gasteiger charge is -2.14. The van der Waals surface area contributed by atoms with Crippen LogP contribution in [0.2, 0.25) is 0 Å². The van der Waals surface area contributed by atoms with E-state index in [9.17, 15) is 0 Å². The Morgan fingerprint density at radius 2 is 1.76 bits per heavy atom. The zero-order chi connectivity index (χ0) is 21.6. The first-order chi connectivity index (χ1) is 14.2. The molecule has 0 aliphatic carbocycles. The summed E-state index contributed by atoms with van der Waals surface area (Å²) in [6, 6.07) is 12.3. The minimum Gasteiger partial charge on any atom is -0.378 e. The van der Waals surface area contributed by atoms with Crippen LogP contribution < -0.4 is 5.32 Å². The number of hydrogen-bond donors (Lipinski definition) is 1. The molecule has 4 heteroatoms. The van der Waals surface area contributed by atoms with E-state index in [0.717, 1.165) is 35.6 Å². The van der Waals surface area contributed by atoms with Crippen molar-refractivity contribution in [1.82, 2.24) is 9.55 Å². The molecule has 4 nitrogen and oxygen atoms in total. The fourth-order valence-corrected chi connectivity index (χ4v) is 2.99. The molecule has 1 N–H and O–H groups in total. The zero-order valence-corrected chi connectivity index (χ0v) is 18.9. The molecule has 0 saturated heterocycles. The number of pyridine rings is 1. The first-order valence-electron chi connectivity index (χ1n) is 10.6. The zero-order valence-electron chi connectivity index (χ0n) is 18.9. The number of nitrogens with zero attached hydrogens (tertiary/aromatic N) is 3. The summed E-state index contributed by atoms with van der Waals surface area (Å²) in [6.45, 7) is 16.7. The summed E-state index contributed by atoms with van der Waals surface area (Å²) >= 11 is 0. The predicted octanol–water partition coefficient (Wildman–Crippen LogP) is 7.13. The van der Waals surface area contributed by atoms with Gasteiger partial charge in [0, 0.05) is 24.3 Å². The second-order valence-electron chi connectivity index (χ2n) is 6.10. The summed E-state index contributed by atoms with van der Waals surface area (Å²) in [5.74, 6) is 0. The molecule has 0 amide bonds. The second-order valence-corrected chi connectivity index (χ2v) is 6.10. The van der Waals surface area contributed by atoms with Crippen molar-refractivity contribution < 1.29 is 0 Å². The maximum atomic E-state index is 4.54. The molecule has 0 radical (unpaired) electrons. The molecule has 0 saturated carbocycles. The summed E-state index contributed by atoms with van der Waals surface area (Å²) in [6.07, 6.45) is 8.16. The molecule has 0 unspecified atom stereocenters. The molecule has 0 aliphatic heterocycles. The van der Waals surface area contributed by atoms with Crippen molar-refractivity contribution >= 4 is 18.1 Å². The number of aliphatic imine (C=N–C) groups is 1. The van der Waals surface area contributed by atoms with Gasteiger partial charge in [-0.05, 0) is 67.6 Å². The van der Waals surface area contributed by atoms with Crippen LogP contribution >= 0.6 is 0 Å². The van der Waals surface area contributed by atoms with E-state index in [1.165, 1.54) is 11.1 Å². The largest absolute Gasteiger partial charge is 0.378 e. The number of hydrogen-bond acceptors (Lipinski definition) is 3. The highest BCUT2D eigenvalue weighted by atomic mass is 15.0. The SMILES string of the molecule is C=Nc1cc(-n2cccc2)ccc1NCc1nccc(CCC)c1C.CC.CC. The highest BCUT2D eigenvalue weighted by Gasteiger charge is 2.07. The topological polar surface area (TPSA) is 42.2 Å². The number of aryl methyl sites for hydroxylation is 1. The van der Waals surface area contributed by atoms with E-state index in [0.29, 0.717) is 6.54 Å². The van der Waals surface area contributed by atoms with Crippen LogP contribution in [0, 0.1) is 6.92 Å². The Morgan fingerprint density at radius 1 is 1.07 bits per heavy atom. The molecular formula is C25H36N4. The third kappa shape index (κ3) is 6.60. The molecule has 3 aromatic rings. The van der Waals surface area contributed by atoms with Gasteiger partial charge in [-0.1, -0.05) is 41.0 Å². The molecule has 0 fully saturated rings. The summed E-state index contributed by atoms with van der Waals surface area (Å²) in [5.41, 5.74) is 6.60. The van der Waals surface area contributed by atoms with Crippen LogP contribution in [0.25, 0.3) is 5.69 Å². The third-order valence-corrected chi connectivity index (χ3v) is 4.44. The quantitative estimate of drug-likeness (QED) is 0.435. The van der Waals surface area contributed by atoms with Gasteiger partial charge in [-0.2, -0.15) is 0 Å². The second kappa shape index (κ2) is 13.3. The number of nitrogens with one attached hydrogen (secondary N) is 1. The minimum absolute atomic E-state index is 0.675. The first-order valence-corrected chi connectivity index (χ1v) is 10.6. The molecule has 29 heavy (non-hydrogen) atoms. The standard InChI is InChI=1S/C21H24N4.2C2H6/c1-4-7-17-10-11-23-21(16(17)2)15-24-19-9-8-18(14-20(19)22-3)25-12-5-6-13-25;2*1-2/h5-6,8-14,24H,3-4,7,15H2,1-2H3;2*1-2H3. The smallest absolute Gasteiger partial charge is 0.0874 e. The maximum Gasteiger partial charge on any atom is 0.0874 e. The van der Waals surface area contributed by atoms with Crippen LogP contribution in [0.15, 0.2) is 60.0 Å². The van der Waals surface area contributed by atoms with Crippen LogP contribution in [0.3, 0.4) is 0 Å². The van der Waals surface area contributed by atoms with Gasteiger partial charge in [0.2, 0.25) is 0 Å². The third-order valence-electron chi connectivity index (χ3n) is 4.44. The molecule has 0 atom stereocenters. The van der Waals surface area contributed by atoms with Crippen LogP contribution in [0.5, 0.6) is 0 Å². The first kappa shape index (κ1) is 24.2. The van der Waals surface area contributed by atoms with Gasteiger partial charge in [-0.25, -0.2) is 0 Å². The fraction of sp³-hybridized carbons (Fsp3) is 0.360. The van der Waals surface area contributed by atoms with Crippen molar-refractivity contribution in [1.29, 1.82) is 0 Å². The lowest BCUT2D eigenvalue weighted by Crippen LogP contribution is -2.06. The molecule has 2 heterocycles. The van der Waals surface area contributed by atoms with Gasteiger partial charge >= 0.3 is 0 Å². The molecule has 1 aromatic carbocycles. The van der Waals surface area contributed by atoms with E-state index in [4.69, 9.17) is 0 Å². The minimum atomic E-state index is 0.675. The summed E-state index contributed by atoms with van der Waals surface area (Å²) in [5, 5.41) is 3.46. The van der Waals surface area contributed by atoms with Gasteiger partial charge in [0.15, 0.2) is 0 Å². The van der Waals surface area contributed by atoms with E-state index in [1.807, 2.05) is 70.6 Å². The van der Waals surface area contributed by atoms with Crippen LogP contribution in [-0.2, 0) is 13.0 Å². The van der Waals surface area contributed by atoms with Gasteiger partial charge < -0.3 is 9.88 Å². The Morgan fingerprint density at radius 3 is 2.38 bits per heavy atom. The molecule has 0 bridgehead atoms. The normalized spacial score (nSPS) is 9.59. The van der Waals surface area contributed by atoms with Gasteiger partial charge in [0.05, 0.1) is 23.6 Å². The Hall–Kier alpha value is -2.88. The van der Waals surface area contributed by atoms with Crippen LogP contribution in [0.4, 0.5) is 11.4 Å². The monoisotopic (exact) mass is 392 g/mol. The fourth-order valence-electron chi connectivity index (χ4n) is 2.99. The Bertz CT molecular complexity index is 851. The van der Waals surface area contributed by atoms with Gasteiger partial charge in [0.25, 0.3) is 0 Å². The van der Waals surface area contributed by atoms with Crippen LogP contribution in [-0.4, -0.2) is 16.3 Å². The Kier molecular flexibility index (Phi) is 11.1. The van der Waals surface area contributed by atoms with Gasteiger partial charge in [-0.15, -0.1) is 0 Å². The van der Waals surface area contributed by atoms with Gasteiger partial charge in [-0.3, -0.25) is 9.98 Å². The average Bonchev–Trinajstić information content (AvgIpc) is 3.32. The van der Waals surface area contributed by atoms with E-state index in [-0.39, 0.29) is 0 Å². The molecule has 0 spiro atoms. The highest BCUT2D eigenvalue weighted by Crippen LogP contribution is 2.28. The van der Waals surface area contributed by atoms with Crippen LogP contribution in [0.1, 0.15) is 57.9 Å². The molecule has 2 aromatic heterocycles. The van der Waals surface area contributed by atoms with E-state index >= 15 is 0 Å². The van der Waals surface area contributed by atoms with Crippen molar-refractivity contribution in [2.45, 2.75) is 60.9 Å². The molecule has 0 aliphatic rings. The lowest BCUT2D eigenvalue weighted by molar-refractivity contribution is 0.891. The average molecular weight is 393 g/mol. The lowest BCUT2D eigenvalue weighted by atomic mass is 10.0. The van der Waals surface area contributed by atoms with E-state index in [2.05, 4.69) is 52.6 Å². The Balaban J connectivity index is 0.000000989. The predicted molar refractivity (Wildman–Crippen MR) is 128 cm³/mol. The molecule has 156 valence electrons. The van der Waals surface area contributed by atoms with Crippen molar-refractivity contribution in [3.8, 4) is 5.69 Å². The number of anilines is 1. The molecule has 3 rings (SSSR count).